The van der Waals surface area contributed by atoms with E-state index in [2.05, 4.69) is 9.97 Å². The van der Waals surface area contributed by atoms with Gasteiger partial charge in [-0.2, -0.15) is 0 Å². The highest BCUT2D eigenvalue weighted by molar-refractivity contribution is 7.89. The van der Waals surface area contributed by atoms with E-state index in [0.717, 1.165) is 0 Å². The number of hydrogen-bond acceptors (Lipinski definition) is 6. The summed E-state index contributed by atoms with van der Waals surface area (Å²) in [5, 5.41) is 10.6. The minimum absolute atomic E-state index is 0.0352. The molecule has 1 saturated heterocycles. The van der Waals surface area contributed by atoms with Crippen LogP contribution in [-0.4, -0.2) is 65.8 Å². The van der Waals surface area contributed by atoms with Gasteiger partial charge >= 0.3 is 0 Å². The predicted molar refractivity (Wildman–Crippen MR) is 75.9 cm³/mol. The zero-order valence-electron chi connectivity index (χ0n) is 11.7. The topological polar surface area (TPSA) is 86.6 Å². The van der Waals surface area contributed by atoms with E-state index >= 15 is 0 Å². The van der Waals surface area contributed by atoms with Crippen LogP contribution in [0.3, 0.4) is 0 Å². The van der Waals surface area contributed by atoms with Crippen molar-refractivity contribution in [3.05, 3.63) is 18.6 Å². The zero-order chi connectivity index (χ0) is 14.8. The predicted octanol–water partition coefficient (Wildman–Crippen LogP) is -0.301. The van der Waals surface area contributed by atoms with Crippen molar-refractivity contribution >= 4 is 15.8 Å². The number of rotatable bonds is 5. The first-order chi connectivity index (χ1) is 9.36. The van der Waals surface area contributed by atoms with E-state index in [1.165, 1.54) is 11.4 Å². The van der Waals surface area contributed by atoms with Gasteiger partial charge in [0.1, 0.15) is 5.82 Å². The van der Waals surface area contributed by atoms with Gasteiger partial charge in [0.15, 0.2) is 0 Å². The molecule has 2 heterocycles. The molecule has 1 aliphatic heterocycles. The molecule has 0 spiro atoms. The van der Waals surface area contributed by atoms with Crippen LogP contribution < -0.4 is 4.90 Å². The van der Waals surface area contributed by atoms with Crippen LogP contribution in [0.2, 0.25) is 0 Å². The van der Waals surface area contributed by atoms with Crippen molar-refractivity contribution in [2.75, 3.05) is 37.3 Å². The Balaban J connectivity index is 2.04. The SMILES string of the molecule is CCS(=O)(=O)N(C)CC1(O)CCN(c2cnccn2)C1. The molecule has 1 unspecified atom stereocenters. The summed E-state index contributed by atoms with van der Waals surface area (Å²) in [6.45, 7) is 2.68. The lowest BCUT2D eigenvalue weighted by Gasteiger charge is -2.28. The van der Waals surface area contributed by atoms with Crippen LogP contribution in [0.4, 0.5) is 5.82 Å². The summed E-state index contributed by atoms with van der Waals surface area (Å²) < 4.78 is 24.7. The highest BCUT2D eigenvalue weighted by Gasteiger charge is 2.39. The molecule has 112 valence electrons. The summed E-state index contributed by atoms with van der Waals surface area (Å²) in [6.07, 6.45) is 5.33. The molecule has 0 radical (unpaired) electrons. The number of aliphatic hydroxyl groups is 1. The van der Waals surface area contributed by atoms with Gasteiger partial charge in [-0.25, -0.2) is 17.7 Å². The van der Waals surface area contributed by atoms with Gasteiger partial charge < -0.3 is 10.0 Å². The zero-order valence-corrected chi connectivity index (χ0v) is 12.5. The van der Waals surface area contributed by atoms with Gasteiger partial charge in [0, 0.05) is 39.1 Å². The lowest BCUT2D eigenvalue weighted by Crippen LogP contribution is -2.46. The van der Waals surface area contributed by atoms with Gasteiger partial charge in [-0.1, -0.05) is 0 Å². The molecule has 0 amide bonds. The Kier molecular flexibility index (Phi) is 4.26. The Hall–Kier alpha value is -1.25. The first kappa shape index (κ1) is 15.1. The summed E-state index contributed by atoms with van der Waals surface area (Å²) in [4.78, 5) is 10.1. The van der Waals surface area contributed by atoms with Gasteiger partial charge in [-0.05, 0) is 13.3 Å². The molecule has 1 atom stereocenters. The van der Waals surface area contributed by atoms with Gasteiger partial charge in [-0.15, -0.1) is 0 Å². The van der Waals surface area contributed by atoms with Gasteiger partial charge in [0.05, 0.1) is 17.6 Å². The van der Waals surface area contributed by atoms with Crippen molar-refractivity contribution in [1.29, 1.82) is 0 Å². The molecule has 1 aliphatic rings. The normalized spacial score (nSPS) is 23.5. The van der Waals surface area contributed by atoms with Crippen LogP contribution in [0.5, 0.6) is 0 Å². The maximum absolute atomic E-state index is 11.8. The molecule has 2 rings (SSSR count). The number of β-amino-alcohol motifs (C(OH)–C–C–N with tert-alkyl or cyclic N) is 1. The molecule has 1 aromatic heterocycles. The lowest BCUT2D eigenvalue weighted by atomic mass is 10.0. The number of anilines is 1. The van der Waals surface area contributed by atoms with Gasteiger partial charge in [0.2, 0.25) is 10.0 Å². The van der Waals surface area contributed by atoms with Crippen LogP contribution in [0.15, 0.2) is 18.6 Å². The largest absolute Gasteiger partial charge is 0.387 e. The summed E-state index contributed by atoms with van der Waals surface area (Å²) in [7, 11) is -1.78. The number of aromatic nitrogens is 2. The maximum atomic E-state index is 11.8. The molecule has 7 nitrogen and oxygen atoms in total. The summed E-state index contributed by atoms with van der Waals surface area (Å²) in [5.41, 5.74) is -1.05. The number of sulfonamides is 1. The molecule has 1 N–H and O–H groups in total. The van der Waals surface area contributed by atoms with Crippen LogP contribution in [0.25, 0.3) is 0 Å². The smallest absolute Gasteiger partial charge is 0.213 e. The first-order valence-corrected chi connectivity index (χ1v) is 8.14. The van der Waals surface area contributed by atoms with E-state index < -0.39 is 15.6 Å². The Bertz CT molecular complexity index is 551. The molecule has 0 saturated carbocycles. The van der Waals surface area contributed by atoms with Crippen LogP contribution in [-0.2, 0) is 10.0 Å². The fourth-order valence-corrected chi connectivity index (χ4v) is 3.25. The number of likely N-dealkylation sites (N-methyl/N-ethyl adjacent to an activating group) is 1. The second-order valence-corrected chi connectivity index (χ2v) is 7.48. The summed E-state index contributed by atoms with van der Waals surface area (Å²) in [6, 6.07) is 0. The van der Waals surface area contributed by atoms with Crippen molar-refractivity contribution in [2.24, 2.45) is 0 Å². The molecule has 20 heavy (non-hydrogen) atoms. The highest BCUT2D eigenvalue weighted by atomic mass is 32.2. The van der Waals surface area contributed by atoms with Crippen molar-refractivity contribution in [1.82, 2.24) is 14.3 Å². The average Bonchev–Trinajstić information content (AvgIpc) is 2.82. The van der Waals surface area contributed by atoms with Gasteiger partial charge in [0.25, 0.3) is 0 Å². The van der Waals surface area contributed by atoms with E-state index in [1.807, 2.05) is 4.90 Å². The quantitative estimate of drug-likeness (QED) is 0.803. The summed E-state index contributed by atoms with van der Waals surface area (Å²) in [5.74, 6) is 0.734. The third-order valence-electron chi connectivity index (χ3n) is 3.56. The average molecular weight is 300 g/mol. The molecule has 0 bridgehead atoms. The molecular weight excluding hydrogens is 280 g/mol. The van der Waals surface area contributed by atoms with E-state index in [0.29, 0.717) is 25.3 Å². The van der Waals surface area contributed by atoms with Crippen LogP contribution in [0.1, 0.15) is 13.3 Å². The van der Waals surface area contributed by atoms with Crippen molar-refractivity contribution in [3.8, 4) is 0 Å². The molecule has 1 fully saturated rings. The number of nitrogens with zero attached hydrogens (tertiary/aromatic N) is 4. The molecule has 8 heteroatoms. The Morgan fingerprint density at radius 3 is 2.85 bits per heavy atom. The monoisotopic (exact) mass is 300 g/mol. The fourth-order valence-electron chi connectivity index (χ4n) is 2.37. The van der Waals surface area contributed by atoms with E-state index in [1.54, 1.807) is 25.5 Å². The third-order valence-corrected chi connectivity index (χ3v) is 5.37. The van der Waals surface area contributed by atoms with Crippen molar-refractivity contribution in [2.45, 2.75) is 18.9 Å². The highest BCUT2D eigenvalue weighted by Crippen LogP contribution is 2.26. The third kappa shape index (κ3) is 3.25. The summed E-state index contributed by atoms with van der Waals surface area (Å²) >= 11 is 0. The molecule has 1 aromatic rings. The standard InChI is InChI=1S/C12H20N4O3S/c1-3-20(18,19)15(2)9-12(17)4-7-16(10-12)11-8-13-5-6-14-11/h5-6,8,17H,3-4,7,9-10H2,1-2H3. The Morgan fingerprint density at radius 1 is 1.50 bits per heavy atom. The number of hydrogen-bond donors (Lipinski definition) is 1. The van der Waals surface area contributed by atoms with Crippen LogP contribution in [0, 0.1) is 0 Å². The minimum atomic E-state index is -3.28. The second-order valence-electron chi connectivity index (χ2n) is 5.12. The second kappa shape index (κ2) is 5.63. The Morgan fingerprint density at radius 2 is 2.25 bits per heavy atom. The van der Waals surface area contributed by atoms with Crippen molar-refractivity contribution < 1.29 is 13.5 Å². The van der Waals surface area contributed by atoms with E-state index in [9.17, 15) is 13.5 Å². The van der Waals surface area contributed by atoms with Crippen LogP contribution >= 0.6 is 0 Å². The lowest BCUT2D eigenvalue weighted by molar-refractivity contribution is 0.0479. The van der Waals surface area contributed by atoms with E-state index in [4.69, 9.17) is 0 Å². The molecule has 0 aromatic carbocycles. The van der Waals surface area contributed by atoms with Gasteiger partial charge in [-0.3, -0.25) is 4.98 Å². The maximum Gasteiger partial charge on any atom is 0.213 e. The van der Waals surface area contributed by atoms with Crippen molar-refractivity contribution in [3.63, 3.8) is 0 Å². The fraction of sp³-hybridized carbons (Fsp3) is 0.667. The van der Waals surface area contributed by atoms with E-state index in [-0.39, 0.29) is 12.3 Å². The first-order valence-electron chi connectivity index (χ1n) is 6.54. The molecule has 0 aliphatic carbocycles. The molecular formula is C12H20N4O3S. The Labute approximate surface area is 119 Å². The minimum Gasteiger partial charge on any atom is -0.387 e.